The lowest BCUT2D eigenvalue weighted by Crippen LogP contribution is -2.53. The van der Waals surface area contributed by atoms with E-state index in [1.54, 1.807) is 37.3 Å². The number of nitrogens with zero attached hydrogens (tertiary/aromatic N) is 2. The fraction of sp³-hybridized carbons (Fsp3) is 0.375. The van der Waals surface area contributed by atoms with Crippen molar-refractivity contribution in [2.75, 3.05) is 10.8 Å². The number of amides is 2. The van der Waals surface area contributed by atoms with E-state index < -0.39 is 28.5 Å². The van der Waals surface area contributed by atoms with Crippen molar-refractivity contribution in [1.82, 2.24) is 10.2 Å². The van der Waals surface area contributed by atoms with Gasteiger partial charge in [-0.25, -0.2) is 8.42 Å². The average molecular weight is 641 g/mol. The Balaban J connectivity index is 1.66. The SMILES string of the molecule is CCc1ccc(N(CC(=O)N(Cc2ccc(Br)cc2)[C@@H](C)C(=O)NC2CCCCC2)S(=O)(=O)c2ccccc2)cc1. The molecule has 1 fully saturated rings. The third kappa shape index (κ3) is 7.98. The molecule has 0 heterocycles. The average Bonchev–Trinajstić information content (AvgIpc) is 3.00. The van der Waals surface area contributed by atoms with E-state index in [0.29, 0.717) is 5.69 Å². The smallest absolute Gasteiger partial charge is 0.264 e. The van der Waals surface area contributed by atoms with Crippen LogP contribution in [0.3, 0.4) is 0 Å². The fourth-order valence-corrected chi connectivity index (χ4v) is 6.78. The molecule has 1 N–H and O–H groups in total. The van der Waals surface area contributed by atoms with Crippen molar-refractivity contribution in [3.63, 3.8) is 0 Å². The summed E-state index contributed by atoms with van der Waals surface area (Å²) in [7, 11) is -4.07. The van der Waals surface area contributed by atoms with Gasteiger partial charge in [0.05, 0.1) is 10.6 Å². The number of anilines is 1. The van der Waals surface area contributed by atoms with Crippen LogP contribution in [0, 0.1) is 0 Å². The highest BCUT2D eigenvalue weighted by molar-refractivity contribution is 9.10. The highest BCUT2D eigenvalue weighted by Gasteiger charge is 2.33. The topological polar surface area (TPSA) is 86.8 Å². The number of rotatable bonds is 11. The second-order valence-electron chi connectivity index (χ2n) is 10.5. The fourth-order valence-electron chi connectivity index (χ4n) is 5.08. The van der Waals surface area contributed by atoms with Gasteiger partial charge in [-0.2, -0.15) is 0 Å². The molecule has 3 aromatic carbocycles. The lowest BCUT2D eigenvalue weighted by Gasteiger charge is -2.33. The van der Waals surface area contributed by atoms with E-state index >= 15 is 0 Å². The first kappa shape index (κ1) is 30.8. The summed E-state index contributed by atoms with van der Waals surface area (Å²) < 4.78 is 29.8. The number of aryl methyl sites for hydroxylation is 1. The van der Waals surface area contributed by atoms with Crippen LogP contribution in [0.1, 0.15) is 57.1 Å². The number of nitrogens with one attached hydrogen (secondary N) is 1. The van der Waals surface area contributed by atoms with Gasteiger partial charge in [0, 0.05) is 17.1 Å². The highest BCUT2D eigenvalue weighted by atomic mass is 79.9. The molecule has 0 spiro atoms. The van der Waals surface area contributed by atoms with Gasteiger partial charge in [-0.3, -0.25) is 13.9 Å². The Morgan fingerprint density at radius 2 is 1.51 bits per heavy atom. The molecule has 1 saturated carbocycles. The van der Waals surface area contributed by atoms with Gasteiger partial charge in [-0.05, 0) is 73.7 Å². The van der Waals surface area contributed by atoms with Crippen LogP contribution in [0.5, 0.6) is 0 Å². The van der Waals surface area contributed by atoms with Crippen molar-refractivity contribution in [2.45, 2.75) is 75.9 Å². The van der Waals surface area contributed by atoms with Crippen LogP contribution in [0.25, 0.3) is 0 Å². The zero-order valence-corrected chi connectivity index (χ0v) is 26.0. The maximum atomic E-state index is 14.1. The molecule has 2 amide bonds. The zero-order valence-electron chi connectivity index (χ0n) is 23.6. The third-order valence-electron chi connectivity index (χ3n) is 7.63. The number of hydrogen-bond acceptors (Lipinski definition) is 4. The van der Waals surface area contributed by atoms with E-state index in [0.717, 1.165) is 52.0 Å². The number of hydrogen-bond donors (Lipinski definition) is 1. The summed E-state index contributed by atoms with van der Waals surface area (Å²) in [5, 5.41) is 3.13. The molecule has 1 atom stereocenters. The van der Waals surface area contributed by atoms with E-state index in [-0.39, 0.29) is 23.4 Å². The summed E-state index contributed by atoms with van der Waals surface area (Å²) in [6, 6.07) is 22.1. The van der Waals surface area contributed by atoms with Gasteiger partial charge in [0.1, 0.15) is 12.6 Å². The van der Waals surface area contributed by atoms with Gasteiger partial charge in [-0.1, -0.05) is 84.6 Å². The minimum absolute atomic E-state index is 0.0925. The Hall–Kier alpha value is -3.17. The number of carbonyl (C=O) groups excluding carboxylic acids is 2. The summed E-state index contributed by atoms with van der Waals surface area (Å²) in [4.78, 5) is 29.0. The molecule has 1 aliphatic rings. The Kier molecular flexibility index (Phi) is 10.6. The minimum atomic E-state index is -4.07. The first-order valence-corrected chi connectivity index (χ1v) is 16.4. The van der Waals surface area contributed by atoms with Crippen molar-refractivity contribution >= 4 is 43.5 Å². The van der Waals surface area contributed by atoms with Gasteiger partial charge < -0.3 is 10.2 Å². The molecular weight excluding hydrogens is 602 g/mol. The van der Waals surface area contributed by atoms with E-state index in [1.165, 1.54) is 23.5 Å². The molecule has 218 valence electrons. The van der Waals surface area contributed by atoms with Crippen LogP contribution in [0.2, 0.25) is 0 Å². The van der Waals surface area contributed by atoms with Crippen molar-refractivity contribution in [2.24, 2.45) is 0 Å². The van der Waals surface area contributed by atoms with Gasteiger partial charge in [0.25, 0.3) is 10.0 Å². The van der Waals surface area contributed by atoms with Crippen LogP contribution < -0.4 is 9.62 Å². The Bertz CT molecular complexity index is 1410. The number of carbonyl (C=O) groups is 2. The summed E-state index contributed by atoms with van der Waals surface area (Å²) in [5.74, 6) is -0.689. The third-order valence-corrected chi connectivity index (χ3v) is 9.94. The summed E-state index contributed by atoms with van der Waals surface area (Å²) in [6.45, 7) is 3.46. The molecule has 4 rings (SSSR count). The van der Waals surface area contributed by atoms with E-state index in [1.807, 2.05) is 43.3 Å². The monoisotopic (exact) mass is 639 g/mol. The molecule has 41 heavy (non-hydrogen) atoms. The predicted molar refractivity (Wildman–Crippen MR) is 166 cm³/mol. The molecule has 9 heteroatoms. The van der Waals surface area contributed by atoms with Crippen LogP contribution in [-0.2, 0) is 32.6 Å². The summed E-state index contributed by atoms with van der Waals surface area (Å²) in [6.07, 6.45) is 5.97. The molecule has 0 saturated heterocycles. The largest absolute Gasteiger partial charge is 0.352 e. The number of benzene rings is 3. The summed E-state index contributed by atoms with van der Waals surface area (Å²) in [5.41, 5.74) is 2.29. The molecule has 3 aromatic rings. The number of halogens is 1. The lowest BCUT2D eigenvalue weighted by atomic mass is 9.95. The maximum absolute atomic E-state index is 14.1. The van der Waals surface area contributed by atoms with Gasteiger partial charge >= 0.3 is 0 Å². The van der Waals surface area contributed by atoms with Crippen molar-refractivity contribution in [1.29, 1.82) is 0 Å². The molecular formula is C32H38BrN3O4S. The first-order valence-electron chi connectivity index (χ1n) is 14.2. The van der Waals surface area contributed by atoms with Gasteiger partial charge in [0.2, 0.25) is 11.8 Å². The highest BCUT2D eigenvalue weighted by Crippen LogP contribution is 2.25. The van der Waals surface area contributed by atoms with Crippen LogP contribution >= 0.6 is 15.9 Å². The predicted octanol–water partition coefficient (Wildman–Crippen LogP) is 6.07. The van der Waals surface area contributed by atoms with Gasteiger partial charge in [-0.15, -0.1) is 0 Å². The van der Waals surface area contributed by atoms with Gasteiger partial charge in [0.15, 0.2) is 0 Å². The Labute approximate surface area is 252 Å². The molecule has 0 unspecified atom stereocenters. The zero-order chi connectivity index (χ0) is 29.4. The Morgan fingerprint density at radius 1 is 0.902 bits per heavy atom. The summed E-state index contributed by atoms with van der Waals surface area (Å²) >= 11 is 3.44. The quantitative estimate of drug-likeness (QED) is 0.276. The molecule has 0 aliphatic heterocycles. The molecule has 7 nitrogen and oxygen atoms in total. The van der Waals surface area contributed by atoms with Crippen molar-refractivity contribution in [3.8, 4) is 0 Å². The van der Waals surface area contributed by atoms with E-state index in [9.17, 15) is 18.0 Å². The van der Waals surface area contributed by atoms with Crippen molar-refractivity contribution in [3.05, 3.63) is 94.5 Å². The van der Waals surface area contributed by atoms with E-state index in [4.69, 9.17) is 0 Å². The number of sulfonamides is 1. The second kappa shape index (κ2) is 14.1. The van der Waals surface area contributed by atoms with Crippen molar-refractivity contribution < 1.29 is 18.0 Å². The Morgan fingerprint density at radius 3 is 2.12 bits per heavy atom. The first-order chi connectivity index (χ1) is 19.7. The lowest BCUT2D eigenvalue weighted by molar-refractivity contribution is -0.139. The van der Waals surface area contributed by atoms with E-state index in [2.05, 4.69) is 21.2 Å². The standard InChI is InChI=1S/C32H38BrN3O4S/c1-3-25-16-20-29(21-17-25)36(41(39,40)30-12-8-5-9-13-30)23-31(37)35(22-26-14-18-27(33)19-15-26)24(2)32(38)34-28-10-6-4-7-11-28/h5,8-9,12-21,24,28H,3-4,6-7,10-11,22-23H2,1-2H3,(H,34,38)/t24-/m0/s1. The molecule has 1 aliphatic carbocycles. The van der Waals surface area contributed by atoms with Crippen LogP contribution in [0.4, 0.5) is 5.69 Å². The second-order valence-corrected chi connectivity index (χ2v) is 13.3. The van der Waals surface area contributed by atoms with Crippen LogP contribution in [0.15, 0.2) is 88.2 Å². The minimum Gasteiger partial charge on any atom is -0.352 e. The van der Waals surface area contributed by atoms with Crippen LogP contribution in [-0.4, -0.2) is 43.8 Å². The maximum Gasteiger partial charge on any atom is 0.264 e. The normalized spacial score (nSPS) is 14.7. The molecule has 0 bridgehead atoms. The molecule has 0 aromatic heterocycles. The molecule has 0 radical (unpaired) electrons.